The maximum atomic E-state index is 11.7. The predicted molar refractivity (Wildman–Crippen MR) is 72.1 cm³/mol. The fraction of sp³-hybridized carbons (Fsp3) is 0.250. The van der Waals surface area contributed by atoms with E-state index in [0.717, 1.165) is 0 Å². The van der Waals surface area contributed by atoms with Crippen LogP contribution in [0.4, 0.5) is 5.69 Å². The number of carbonyl (C=O) groups is 3. The van der Waals surface area contributed by atoms with E-state index in [-0.39, 0.29) is 12.8 Å². The highest BCUT2D eigenvalue weighted by Crippen LogP contribution is 2.25. The molecule has 6 nitrogen and oxygen atoms in total. The fourth-order valence-electron chi connectivity index (χ4n) is 1.60. The van der Waals surface area contributed by atoms with Crippen LogP contribution in [-0.2, 0) is 19.2 Å². The summed E-state index contributed by atoms with van der Waals surface area (Å²) < 4.78 is 0. The Morgan fingerprint density at radius 2 is 1.90 bits per heavy atom. The van der Waals surface area contributed by atoms with Crippen LogP contribution < -0.4 is 5.32 Å². The van der Waals surface area contributed by atoms with Gasteiger partial charge in [-0.2, -0.15) is 5.06 Å². The Morgan fingerprint density at radius 1 is 1.25 bits per heavy atom. The van der Waals surface area contributed by atoms with E-state index >= 15 is 0 Å². The molecule has 1 aliphatic rings. The van der Waals surface area contributed by atoms with Crippen molar-refractivity contribution in [2.45, 2.75) is 12.8 Å². The predicted octanol–water partition coefficient (Wildman–Crippen LogP) is 2.01. The van der Waals surface area contributed by atoms with Crippen molar-refractivity contribution in [3.8, 4) is 0 Å². The molecule has 0 bridgehead atoms. The molecule has 3 amide bonds. The van der Waals surface area contributed by atoms with E-state index in [9.17, 15) is 14.4 Å². The summed E-state index contributed by atoms with van der Waals surface area (Å²) in [6, 6.07) is 4.60. The van der Waals surface area contributed by atoms with Crippen molar-refractivity contribution in [3.05, 3.63) is 28.2 Å². The molecule has 0 radical (unpaired) electrons. The lowest BCUT2D eigenvalue weighted by Gasteiger charge is -2.13. The fourth-order valence-corrected chi connectivity index (χ4v) is 1.94. The van der Waals surface area contributed by atoms with Gasteiger partial charge in [-0.15, -0.1) is 0 Å². The molecule has 1 heterocycles. The van der Waals surface area contributed by atoms with Crippen molar-refractivity contribution >= 4 is 46.6 Å². The summed E-state index contributed by atoms with van der Waals surface area (Å²) in [5, 5.41) is 3.81. The number of anilines is 1. The molecule has 0 aliphatic carbocycles. The zero-order valence-corrected chi connectivity index (χ0v) is 11.7. The Morgan fingerprint density at radius 3 is 2.55 bits per heavy atom. The van der Waals surface area contributed by atoms with Gasteiger partial charge in [-0.25, -0.2) is 0 Å². The van der Waals surface area contributed by atoms with Gasteiger partial charge in [0.25, 0.3) is 17.7 Å². The van der Waals surface area contributed by atoms with Crippen molar-refractivity contribution in [3.63, 3.8) is 0 Å². The van der Waals surface area contributed by atoms with E-state index < -0.39 is 24.3 Å². The first-order valence-electron chi connectivity index (χ1n) is 5.71. The molecule has 106 valence electrons. The lowest BCUT2D eigenvalue weighted by atomic mass is 10.3. The van der Waals surface area contributed by atoms with Gasteiger partial charge in [0.15, 0.2) is 6.61 Å². The van der Waals surface area contributed by atoms with Gasteiger partial charge in [-0.05, 0) is 18.2 Å². The van der Waals surface area contributed by atoms with Gasteiger partial charge >= 0.3 is 0 Å². The largest absolute Gasteiger partial charge is 0.323 e. The molecule has 0 saturated carbocycles. The molecular formula is C12H10Cl2N2O4. The Bertz CT molecular complexity index is 561. The van der Waals surface area contributed by atoms with E-state index in [1.165, 1.54) is 12.1 Å². The molecule has 1 aromatic rings. The van der Waals surface area contributed by atoms with Gasteiger partial charge in [-0.3, -0.25) is 19.2 Å². The molecule has 1 N–H and O–H groups in total. The maximum absolute atomic E-state index is 11.7. The SMILES string of the molecule is O=C(CON1C(=O)CCC1=O)Nc1cc(Cl)ccc1Cl. The highest BCUT2D eigenvalue weighted by Gasteiger charge is 2.30. The third kappa shape index (κ3) is 3.47. The van der Waals surface area contributed by atoms with Gasteiger partial charge in [0.05, 0.1) is 10.7 Å². The molecule has 1 fully saturated rings. The van der Waals surface area contributed by atoms with E-state index in [2.05, 4.69) is 5.32 Å². The molecule has 20 heavy (non-hydrogen) atoms. The number of imide groups is 1. The normalized spacial score (nSPS) is 14.8. The number of nitrogens with zero attached hydrogens (tertiary/aromatic N) is 1. The quantitative estimate of drug-likeness (QED) is 0.862. The van der Waals surface area contributed by atoms with Crippen molar-refractivity contribution < 1.29 is 19.2 Å². The Labute approximate surface area is 124 Å². The average Bonchev–Trinajstić information content (AvgIpc) is 2.71. The summed E-state index contributed by atoms with van der Waals surface area (Å²) in [6.45, 7) is -0.472. The number of rotatable bonds is 4. The molecule has 0 spiro atoms. The zero-order valence-electron chi connectivity index (χ0n) is 10.2. The number of amides is 3. The van der Waals surface area contributed by atoms with E-state index in [1.54, 1.807) is 6.07 Å². The van der Waals surface area contributed by atoms with E-state index in [4.69, 9.17) is 28.0 Å². The van der Waals surface area contributed by atoms with Crippen molar-refractivity contribution in [2.75, 3.05) is 11.9 Å². The molecule has 2 rings (SSSR count). The van der Waals surface area contributed by atoms with Crippen molar-refractivity contribution in [1.82, 2.24) is 5.06 Å². The van der Waals surface area contributed by atoms with Gasteiger partial charge in [0.1, 0.15) is 0 Å². The topological polar surface area (TPSA) is 75.7 Å². The molecule has 1 saturated heterocycles. The first-order valence-corrected chi connectivity index (χ1v) is 6.46. The molecule has 0 unspecified atom stereocenters. The minimum Gasteiger partial charge on any atom is -0.323 e. The average molecular weight is 317 g/mol. The Hall–Kier alpha value is -1.63. The summed E-state index contributed by atoms with van der Waals surface area (Å²) in [5.74, 6) is -1.46. The Balaban J connectivity index is 1.91. The highest BCUT2D eigenvalue weighted by atomic mass is 35.5. The molecule has 1 aliphatic heterocycles. The number of carbonyl (C=O) groups excluding carboxylic acids is 3. The van der Waals surface area contributed by atoms with E-state index in [0.29, 0.717) is 20.8 Å². The van der Waals surface area contributed by atoms with Crippen LogP contribution in [-0.4, -0.2) is 29.4 Å². The molecule has 1 aromatic carbocycles. The van der Waals surface area contributed by atoms with Gasteiger partial charge < -0.3 is 5.32 Å². The minimum absolute atomic E-state index is 0.0978. The molecular weight excluding hydrogens is 307 g/mol. The summed E-state index contributed by atoms with van der Waals surface area (Å²) in [6.07, 6.45) is 0.196. The van der Waals surface area contributed by atoms with Crippen LogP contribution in [0.1, 0.15) is 12.8 Å². The second-order valence-corrected chi connectivity index (χ2v) is 4.87. The standard InChI is InChI=1S/C12H10Cl2N2O4/c13-7-1-2-8(14)9(5-7)15-10(17)6-20-16-11(18)3-4-12(16)19/h1-2,5H,3-4,6H2,(H,15,17). The smallest absolute Gasteiger partial charge is 0.254 e. The summed E-state index contributed by atoms with van der Waals surface area (Å²) >= 11 is 11.7. The van der Waals surface area contributed by atoms with Crippen LogP contribution >= 0.6 is 23.2 Å². The van der Waals surface area contributed by atoms with E-state index in [1.807, 2.05) is 0 Å². The third-order valence-electron chi connectivity index (χ3n) is 2.53. The van der Waals surface area contributed by atoms with Crippen LogP contribution in [0.5, 0.6) is 0 Å². The lowest BCUT2D eigenvalue weighted by Crippen LogP contribution is -2.33. The van der Waals surface area contributed by atoms with Gasteiger partial charge in [-0.1, -0.05) is 23.2 Å². The number of benzene rings is 1. The number of hydroxylamine groups is 2. The van der Waals surface area contributed by atoms with Crippen LogP contribution in [0, 0.1) is 0 Å². The number of nitrogens with one attached hydrogen (secondary N) is 1. The molecule has 0 atom stereocenters. The first kappa shape index (κ1) is 14.8. The number of hydrogen-bond acceptors (Lipinski definition) is 4. The maximum Gasteiger partial charge on any atom is 0.254 e. The van der Waals surface area contributed by atoms with Crippen LogP contribution in [0.3, 0.4) is 0 Å². The highest BCUT2D eigenvalue weighted by molar-refractivity contribution is 6.35. The zero-order chi connectivity index (χ0) is 14.7. The summed E-state index contributed by atoms with van der Waals surface area (Å²) in [7, 11) is 0. The van der Waals surface area contributed by atoms with Gasteiger partial charge in [0, 0.05) is 17.9 Å². The van der Waals surface area contributed by atoms with Gasteiger partial charge in [0.2, 0.25) is 0 Å². The summed E-state index contributed by atoms with van der Waals surface area (Å²) in [5.41, 5.74) is 0.326. The number of hydrogen-bond donors (Lipinski definition) is 1. The molecule has 8 heteroatoms. The van der Waals surface area contributed by atoms with Crippen molar-refractivity contribution in [2.24, 2.45) is 0 Å². The molecule has 0 aromatic heterocycles. The monoisotopic (exact) mass is 316 g/mol. The van der Waals surface area contributed by atoms with Crippen LogP contribution in [0.25, 0.3) is 0 Å². The second kappa shape index (κ2) is 6.21. The first-order chi connectivity index (χ1) is 9.47. The minimum atomic E-state index is -0.554. The van der Waals surface area contributed by atoms with Crippen LogP contribution in [0.2, 0.25) is 10.0 Å². The number of halogens is 2. The van der Waals surface area contributed by atoms with Crippen LogP contribution in [0.15, 0.2) is 18.2 Å². The third-order valence-corrected chi connectivity index (χ3v) is 3.10. The Kier molecular flexibility index (Phi) is 4.59. The lowest BCUT2D eigenvalue weighted by molar-refractivity contribution is -0.187. The summed E-state index contributed by atoms with van der Waals surface area (Å²) in [4.78, 5) is 39.1. The second-order valence-electron chi connectivity index (χ2n) is 4.03. The van der Waals surface area contributed by atoms with Crippen molar-refractivity contribution in [1.29, 1.82) is 0 Å².